The van der Waals surface area contributed by atoms with E-state index >= 15 is 0 Å². The van der Waals surface area contributed by atoms with Gasteiger partial charge in [0, 0.05) is 10.5 Å². The summed E-state index contributed by atoms with van der Waals surface area (Å²) in [7, 11) is 0. The van der Waals surface area contributed by atoms with Crippen LogP contribution in [-0.4, -0.2) is 11.0 Å². The van der Waals surface area contributed by atoms with Gasteiger partial charge in [-0.25, -0.2) is 0 Å². The third kappa shape index (κ3) is 2.62. The predicted octanol–water partition coefficient (Wildman–Crippen LogP) is 3.30. The zero-order valence-corrected chi connectivity index (χ0v) is 10.9. The molecule has 0 aliphatic heterocycles. The van der Waals surface area contributed by atoms with Crippen LogP contribution in [0.2, 0.25) is 0 Å². The van der Waals surface area contributed by atoms with Crippen LogP contribution in [0.25, 0.3) is 0 Å². The smallest absolute Gasteiger partial charge is 0.171 e. The van der Waals surface area contributed by atoms with Gasteiger partial charge in [-0.2, -0.15) is 0 Å². The molecule has 0 saturated heterocycles. The number of nitrogens with zero attached hydrogens (tertiary/aromatic N) is 1. The Hall–Kier alpha value is -1.46. The second-order valence-corrected chi connectivity index (χ2v) is 5.73. The van der Waals surface area contributed by atoms with Crippen LogP contribution in [0.4, 0.5) is 0 Å². The van der Waals surface area contributed by atoms with E-state index in [1.165, 1.54) is 4.21 Å². The minimum absolute atomic E-state index is 0.146. The van der Waals surface area contributed by atoms with Gasteiger partial charge < -0.3 is 10.9 Å². The average molecular weight is 264 g/mol. The van der Waals surface area contributed by atoms with E-state index in [2.05, 4.69) is 11.2 Å². The van der Waals surface area contributed by atoms with E-state index in [0.717, 1.165) is 16.0 Å². The van der Waals surface area contributed by atoms with Gasteiger partial charge in [0.05, 0.1) is 4.21 Å². The van der Waals surface area contributed by atoms with Crippen LogP contribution < -0.4 is 5.73 Å². The summed E-state index contributed by atoms with van der Waals surface area (Å²) in [5.41, 5.74) is 7.57. The molecule has 0 radical (unpaired) electrons. The minimum atomic E-state index is 0.146. The fourth-order valence-electron chi connectivity index (χ4n) is 1.47. The summed E-state index contributed by atoms with van der Waals surface area (Å²) in [6, 6.07) is 9.84. The molecule has 0 spiro atoms. The fraction of sp³-hybridized carbons (Fsp3) is 0.0833. The lowest BCUT2D eigenvalue weighted by Crippen LogP contribution is -2.14. The molecule has 0 amide bonds. The lowest BCUT2D eigenvalue weighted by molar-refractivity contribution is 0.318. The summed E-state index contributed by atoms with van der Waals surface area (Å²) in [4.78, 5) is 1.03. The Labute approximate surface area is 108 Å². The van der Waals surface area contributed by atoms with Crippen LogP contribution in [0.15, 0.2) is 50.0 Å². The maximum atomic E-state index is 8.79. The molecular formula is C12H12N2OS2. The maximum Gasteiger partial charge on any atom is 0.171 e. The molecule has 0 saturated carbocycles. The van der Waals surface area contributed by atoms with Gasteiger partial charge in [0.25, 0.3) is 0 Å². The largest absolute Gasteiger partial charge is 0.409 e. The van der Waals surface area contributed by atoms with Crippen LogP contribution in [-0.2, 0) is 0 Å². The number of hydrogen-bond donors (Lipinski definition) is 2. The summed E-state index contributed by atoms with van der Waals surface area (Å²) < 4.78 is 1.19. The first-order valence-corrected chi connectivity index (χ1v) is 6.71. The number of aryl methyl sites for hydroxylation is 1. The van der Waals surface area contributed by atoms with Gasteiger partial charge in [-0.1, -0.05) is 35.1 Å². The Morgan fingerprint density at radius 3 is 2.82 bits per heavy atom. The molecule has 1 heterocycles. The molecule has 0 unspecified atom stereocenters. The summed E-state index contributed by atoms with van der Waals surface area (Å²) in [5.74, 6) is 0.146. The van der Waals surface area contributed by atoms with Gasteiger partial charge in [-0.15, -0.1) is 11.3 Å². The maximum absolute atomic E-state index is 8.79. The Morgan fingerprint density at radius 2 is 2.18 bits per heavy atom. The van der Waals surface area contributed by atoms with Crippen molar-refractivity contribution >= 4 is 28.9 Å². The van der Waals surface area contributed by atoms with Crippen molar-refractivity contribution in [3.8, 4) is 0 Å². The molecule has 0 aliphatic carbocycles. The Morgan fingerprint density at radius 1 is 1.35 bits per heavy atom. The predicted molar refractivity (Wildman–Crippen MR) is 72.1 cm³/mol. The van der Waals surface area contributed by atoms with Gasteiger partial charge in [0.15, 0.2) is 5.84 Å². The molecule has 0 atom stereocenters. The molecule has 3 N–H and O–H groups in total. The van der Waals surface area contributed by atoms with Crippen molar-refractivity contribution in [3.05, 3.63) is 46.8 Å². The molecule has 2 aromatic rings. The molecule has 0 fully saturated rings. The topological polar surface area (TPSA) is 58.6 Å². The van der Waals surface area contributed by atoms with E-state index in [1.807, 2.05) is 36.6 Å². The SMILES string of the molecule is Cc1cccc(/C(N)=N/O)c1Sc1cccs1. The Bertz CT molecular complexity index is 535. The zero-order chi connectivity index (χ0) is 12.3. The van der Waals surface area contributed by atoms with Gasteiger partial charge in [-0.05, 0) is 30.0 Å². The van der Waals surface area contributed by atoms with Crippen molar-refractivity contribution in [1.82, 2.24) is 0 Å². The minimum Gasteiger partial charge on any atom is -0.409 e. The summed E-state index contributed by atoms with van der Waals surface area (Å²) in [6.45, 7) is 2.02. The molecule has 0 bridgehead atoms. The van der Waals surface area contributed by atoms with E-state index < -0.39 is 0 Å². The second-order valence-electron chi connectivity index (χ2n) is 3.47. The number of thiophene rings is 1. The summed E-state index contributed by atoms with van der Waals surface area (Å²) >= 11 is 3.31. The van der Waals surface area contributed by atoms with Gasteiger partial charge in [0.1, 0.15) is 0 Å². The highest BCUT2D eigenvalue weighted by atomic mass is 32.2. The third-order valence-corrected chi connectivity index (χ3v) is 4.58. The quantitative estimate of drug-likeness (QED) is 0.387. The fourth-order valence-corrected chi connectivity index (χ4v) is 3.38. The second kappa shape index (κ2) is 5.25. The number of oxime groups is 1. The van der Waals surface area contributed by atoms with Crippen molar-refractivity contribution in [2.45, 2.75) is 16.0 Å². The number of nitrogens with two attached hydrogens (primary N) is 1. The van der Waals surface area contributed by atoms with E-state index in [9.17, 15) is 0 Å². The highest BCUT2D eigenvalue weighted by molar-refractivity contribution is 8.01. The molecule has 17 heavy (non-hydrogen) atoms. The van der Waals surface area contributed by atoms with Crippen LogP contribution in [0.3, 0.4) is 0 Å². The number of amidine groups is 1. The van der Waals surface area contributed by atoms with Gasteiger partial charge in [-0.3, -0.25) is 0 Å². The number of hydrogen-bond acceptors (Lipinski definition) is 4. The molecule has 5 heteroatoms. The highest BCUT2D eigenvalue weighted by Crippen LogP contribution is 2.35. The lowest BCUT2D eigenvalue weighted by Gasteiger charge is -2.09. The first-order chi connectivity index (χ1) is 8.22. The first kappa shape index (κ1) is 12.0. The molecule has 88 valence electrons. The van der Waals surface area contributed by atoms with Gasteiger partial charge in [0.2, 0.25) is 0 Å². The van der Waals surface area contributed by atoms with E-state index in [0.29, 0.717) is 0 Å². The normalized spacial score (nSPS) is 11.7. The lowest BCUT2D eigenvalue weighted by atomic mass is 10.1. The monoisotopic (exact) mass is 264 g/mol. The van der Waals surface area contributed by atoms with Crippen molar-refractivity contribution < 1.29 is 5.21 Å². The van der Waals surface area contributed by atoms with Crippen LogP contribution in [0.5, 0.6) is 0 Å². The number of rotatable bonds is 3. The van der Waals surface area contributed by atoms with Crippen LogP contribution in [0, 0.1) is 6.92 Å². The zero-order valence-electron chi connectivity index (χ0n) is 9.25. The molecule has 3 nitrogen and oxygen atoms in total. The molecule has 0 aliphatic rings. The van der Waals surface area contributed by atoms with Crippen molar-refractivity contribution in [2.24, 2.45) is 10.9 Å². The molecule has 1 aromatic carbocycles. The standard InChI is InChI=1S/C12H12N2OS2/c1-8-4-2-5-9(12(13)14-15)11(8)17-10-6-3-7-16-10/h2-7,15H,1H3,(H2,13,14). The van der Waals surface area contributed by atoms with Gasteiger partial charge >= 0.3 is 0 Å². The van der Waals surface area contributed by atoms with E-state index in [-0.39, 0.29) is 5.84 Å². The highest BCUT2D eigenvalue weighted by Gasteiger charge is 2.11. The molecule has 1 aromatic heterocycles. The molecular weight excluding hydrogens is 252 g/mol. The van der Waals surface area contributed by atoms with Crippen LogP contribution >= 0.6 is 23.1 Å². The van der Waals surface area contributed by atoms with E-state index in [4.69, 9.17) is 10.9 Å². The number of benzene rings is 1. The third-order valence-electron chi connectivity index (χ3n) is 2.29. The first-order valence-electron chi connectivity index (χ1n) is 5.01. The van der Waals surface area contributed by atoms with Crippen molar-refractivity contribution in [1.29, 1.82) is 0 Å². The van der Waals surface area contributed by atoms with E-state index in [1.54, 1.807) is 23.1 Å². The average Bonchev–Trinajstić information content (AvgIpc) is 2.83. The molecule has 2 rings (SSSR count). The van der Waals surface area contributed by atoms with Crippen molar-refractivity contribution in [2.75, 3.05) is 0 Å². The summed E-state index contributed by atoms with van der Waals surface area (Å²) in [6.07, 6.45) is 0. The van der Waals surface area contributed by atoms with Crippen LogP contribution in [0.1, 0.15) is 11.1 Å². The summed E-state index contributed by atoms with van der Waals surface area (Å²) in [5, 5.41) is 13.9. The Balaban J connectivity index is 2.44. The van der Waals surface area contributed by atoms with Crippen molar-refractivity contribution in [3.63, 3.8) is 0 Å². The Kier molecular flexibility index (Phi) is 3.71.